The molecule has 96 valence electrons. The summed E-state index contributed by atoms with van der Waals surface area (Å²) >= 11 is 0. The van der Waals surface area contributed by atoms with Crippen LogP contribution in [0.5, 0.6) is 0 Å². The first kappa shape index (κ1) is 10.8. The molecule has 0 saturated heterocycles. The Hall–Kier alpha value is -0.0400. The Kier molecular flexibility index (Phi) is 2.72. The van der Waals surface area contributed by atoms with E-state index in [1.807, 2.05) is 0 Å². The molecular formula is C16H27N. The van der Waals surface area contributed by atoms with E-state index in [-0.39, 0.29) is 0 Å². The van der Waals surface area contributed by atoms with Gasteiger partial charge in [0.15, 0.2) is 0 Å². The monoisotopic (exact) mass is 233 g/mol. The highest BCUT2D eigenvalue weighted by Gasteiger charge is 2.48. The summed E-state index contributed by atoms with van der Waals surface area (Å²) in [5.74, 6) is 4.38. The van der Waals surface area contributed by atoms with Gasteiger partial charge in [-0.05, 0) is 68.6 Å². The van der Waals surface area contributed by atoms with Crippen molar-refractivity contribution in [3.8, 4) is 0 Å². The molecule has 4 bridgehead atoms. The summed E-state index contributed by atoms with van der Waals surface area (Å²) in [6.45, 7) is 0. The van der Waals surface area contributed by atoms with Crippen molar-refractivity contribution < 1.29 is 0 Å². The van der Waals surface area contributed by atoms with Crippen LogP contribution in [-0.2, 0) is 0 Å². The van der Waals surface area contributed by atoms with Gasteiger partial charge in [-0.15, -0.1) is 0 Å². The Morgan fingerprint density at radius 1 is 0.647 bits per heavy atom. The van der Waals surface area contributed by atoms with Crippen LogP contribution >= 0.6 is 0 Å². The lowest BCUT2D eigenvalue weighted by Crippen LogP contribution is -2.56. The van der Waals surface area contributed by atoms with Crippen LogP contribution in [0, 0.1) is 23.7 Å². The summed E-state index contributed by atoms with van der Waals surface area (Å²) < 4.78 is 0. The fourth-order valence-corrected chi connectivity index (χ4v) is 5.74. The minimum Gasteiger partial charge on any atom is -0.311 e. The zero-order valence-electron chi connectivity index (χ0n) is 11.0. The SMILES string of the molecule is C1CCC(NC2C3CC4CC(C3)CC2C4)CC1. The largest absolute Gasteiger partial charge is 0.311 e. The lowest BCUT2D eigenvalue weighted by Gasteiger charge is -2.55. The second-order valence-corrected chi connectivity index (χ2v) is 7.46. The lowest BCUT2D eigenvalue weighted by atomic mass is 9.54. The number of hydrogen-bond acceptors (Lipinski definition) is 1. The highest BCUT2D eigenvalue weighted by atomic mass is 15.0. The van der Waals surface area contributed by atoms with Crippen LogP contribution in [0.3, 0.4) is 0 Å². The van der Waals surface area contributed by atoms with Crippen LogP contribution in [-0.4, -0.2) is 12.1 Å². The van der Waals surface area contributed by atoms with Gasteiger partial charge in [-0.1, -0.05) is 19.3 Å². The highest BCUT2D eigenvalue weighted by molar-refractivity contribution is 5.02. The minimum absolute atomic E-state index is 0.881. The van der Waals surface area contributed by atoms with Crippen molar-refractivity contribution in [2.24, 2.45) is 23.7 Å². The zero-order valence-corrected chi connectivity index (χ0v) is 11.0. The van der Waals surface area contributed by atoms with Gasteiger partial charge >= 0.3 is 0 Å². The molecule has 0 aromatic rings. The van der Waals surface area contributed by atoms with Gasteiger partial charge in [0.1, 0.15) is 0 Å². The topological polar surface area (TPSA) is 12.0 Å². The van der Waals surface area contributed by atoms with E-state index >= 15 is 0 Å². The molecule has 0 radical (unpaired) electrons. The fourth-order valence-electron chi connectivity index (χ4n) is 5.74. The van der Waals surface area contributed by atoms with Crippen molar-refractivity contribution in [2.45, 2.75) is 76.3 Å². The quantitative estimate of drug-likeness (QED) is 0.766. The van der Waals surface area contributed by atoms with Gasteiger partial charge in [-0.3, -0.25) is 0 Å². The maximum atomic E-state index is 4.10. The Morgan fingerprint density at radius 2 is 1.24 bits per heavy atom. The fraction of sp³-hybridized carbons (Fsp3) is 1.00. The highest BCUT2D eigenvalue weighted by Crippen LogP contribution is 2.53. The lowest BCUT2D eigenvalue weighted by molar-refractivity contribution is -0.0191. The normalized spacial score (nSPS) is 49.8. The molecule has 5 saturated carbocycles. The molecule has 5 aliphatic rings. The second-order valence-electron chi connectivity index (χ2n) is 7.46. The number of hydrogen-bond donors (Lipinski definition) is 1. The van der Waals surface area contributed by atoms with E-state index in [1.54, 1.807) is 32.1 Å². The molecule has 5 fully saturated rings. The van der Waals surface area contributed by atoms with E-state index in [1.165, 1.54) is 32.1 Å². The van der Waals surface area contributed by atoms with Gasteiger partial charge in [0.05, 0.1) is 0 Å². The smallest absolute Gasteiger partial charge is 0.0127 e. The van der Waals surface area contributed by atoms with E-state index in [2.05, 4.69) is 5.32 Å². The van der Waals surface area contributed by atoms with E-state index in [9.17, 15) is 0 Å². The van der Waals surface area contributed by atoms with E-state index < -0.39 is 0 Å². The predicted octanol–water partition coefficient (Wildman–Crippen LogP) is 3.73. The predicted molar refractivity (Wildman–Crippen MR) is 70.8 cm³/mol. The standard InChI is InChI=1S/C16H27N/c1-2-4-15(5-3-1)17-16-13-7-11-6-12(9-13)10-14(16)8-11/h11-17H,1-10H2. The average Bonchev–Trinajstić information content (AvgIpc) is 2.34. The van der Waals surface area contributed by atoms with Gasteiger partial charge in [0.25, 0.3) is 0 Å². The van der Waals surface area contributed by atoms with Crippen molar-refractivity contribution in [3.63, 3.8) is 0 Å². The van der Waals surface area contributed by atoms with Gasteiger partial charge in [0, 0.05) is 12.1 Å². The first-order chi connectivity index (χ1) is 8.38. The van der Waals surface area contributed by atoms with E-state index in [0.717, 1.165) is 35.8 Å². The zero-order chi connectivity index (χ0) is 11.2. The maximum Gasteiger partial charge on any atom is 0.0127 e. The molecule has 0 heterocycles. The molecule has 1 N–H and O–H groups in total. The van der Waals surface area contributed by atoms with Crippen LogP contribution in [0.1, 0.15) is 64.2 Å². The van der Waals surface area contributed by atoms with Crippen molar-refractivity contribution >= 4 is 0 Å². The Bertz CT molecular complexity index is 251. The average molecular weight is 233 g/mol. The van der Waals surface area contributed by atoms with Crippen LogP contribution < -0.4 is 5.32 Å². The number of nitrogens with one attached hydrogen (secondary N) is 1. The van der Waals surface area contributed by atoms with Crippen molar-refractivity contribution in [2.75, 3.05) is 0 Å². The summed E-state index contributed by atoms with van der Waals surface area (Å²) in [5.41, 5.74) is 0. The third kappa shape index (κ3) is 1.95. The van der Waals surface area contributed by atoms with Crippen LogP contribution in [0.15, 0.2) is 0 Å². The summed E-state index contributed by atoms with van der Waals surface area (Å²) in [7, 11) is 0. The molecule has 0 spiro atoms. The molecule has 0 aromatic carbocycles. The van der Waals surface area contributed by atoms with Crippen LogP contribution in [0.4, 0.5) is 0 Å². The Labute approximate surface area is 106 Å². The molecular weight excluding hydrogens is 206 g/mol. The van der Waals surface area contributed by atoms with Gasteiger partial charge < -0.3 is 5.32 Å². The van der Waals surface area contributed by atoms with Gasteiger partial charge in [-0.2, -0.15) is 0 Å². The third-order valence-electron chi connectivity index (χ3n) is 6.26. The van der Waals surface area contributed by atoms with E-state index in [0.29, 0.717) is 0 Å². The first-order valence-corrected chi connectivity index (χ1v) is 8.14. The molecule has 1 heteroatoms. The van der Waals surface area contributed by atoms with Crippen molar-refractivity contribution in [1.29, 1.82) is 0 Å². The first-order valence-electron chi connectivity index (χ1n) is 8.14. The van der Waals surface area contributed by atoms with Gasteiger partial charge in [-0.25, -0.2) is 0 Å². The minimum atomic E-state index is 0.881. The molecule has 5 aliphatic carbocycles. The molecule has 5 rings (SSSR count). The van der Waals surface area contributed by atoms with Gasteiger partial charge in [0.2, 0.25) is 0 Å². The third-order valence-corrected chi connectivity index (χ3v) is 6.26. The van der Waals surface area contributed by atoms with Crippen LogP contribution in [0.2, 0.25) is 0 Å². The van der Waals surface area contributed by atoms with Crippen molar-refractivity contribution in [3.05, 3.63) is 0 Å². The van der Waals surface area contributed by atoms with E-state index in [4.69, 9.17) is 0 Å². The second kappa shape index (κ2) is 4.26. The summed E-state index contributed by atoms with van der Waals surface area (Å²) in [5, 5.41) is 4.10. The molecule has 0 unspecified atom stereocenters. The van der Waals surface area contributed by atoms with Crippen molar-refractivity contribution in [1.82, 2.24) is 5.32 Å². The molecule has 17 heavy (non-hydrogen) atoms. The molecule has 0 aliphatic heterocycles. The molecule has 0 amide bonds. The summed E-state index contributed by atoms with van der Waals surface area (Å²) in [4.78, 5) is 0. The molecule has 1 nitrogen and oxygen atoms in total. The summed E-state index contributed by atoms with van der Waals surface area (Å²) in [6.07, 6.45) is 15.2. The Morgan fingerprint density at radius 3 is 1.82 bits per heavy atom. The summed E-state index contributed by atoms with van der Waals surface area (Å²) in [6, 6.07) is 1.80. The molecule has 0 aromatic heterocycles. The number of rotatable bonds is 2. The molecule has 0 atom stereocenters. The maximum absolute atomic E-state index is 4.10. The Balaban J connectivity index is 1.43. The van der Waals surface area contributed by atoms with Crippen LogP contribution in [0.25, 0.3) is 0 Å².